The molecule has 0 bridgehead atoms. The maximum absolute atomic E-state index is 12.8. The molecule has 0 spiro atoms. The second-order valence-corrected chi connectivity index (χ2v) is 9.29. The molecule has 1 atom stereocenters. The summed E-state index contributed by atoms with van der Waals surface area (Å²) in [6.45, 7) is 2.01. The number of hydrogen-bond donors (Lipinski definition) is 2. The predicted molar refractivity (Wildman–Crippen MR) is 118 cm³/mol. The zero-order valence-electron chi connectivity index (χ0n) is 15.8. The Kier molecular flexibility index (Phi) is 6.52. The van der Waals surface area contributed by atoms with Crippen LogP contribution in [0.2, 0.25) is 0 Å². The third kappa shape index (κ3) is 5.76. The van der Waals surface area contributed by atoms with Crippen molar-refractivity contribution in [2.24, 2.45) is 5.14 Å². The lowest BCUT2D eigenvalue weighted by molar-refractivity contribution is 0.0976. The number of carbonyl (C=O) groups excluding carboxylic acids is 1. The third-order valence-corrected chi connectivity index (χ3v) is 6.02. The first-order valence-corrected chi connectivity index (χ1v) is 11.3. The number of hydrogen-bond acceptors (Lipinski definition) is 4. The molecule has 7 heteroatoms. The Morgan fingerprint density at radius 2 is 1.55 bits per heavy atom. The fourth-order valence-corrected chi connectivity index (χ4v) is 3.71. The minimum absolute atomic E-state index is 0.0109. The summed E-state index contributed by atoms with van der Waals surface area (Å²) in [6.07, 6.45) is 0.252. The van der Waals surface area contributed by atoms with Crippen molar-refractivity contribution in [2.45, 2.75) is 24.3 Å². The van der Waals surface area contributed by atoms with Crippen LogP contribution in [-0.4, -0.2) is 14.2 Å². The zero-order chi connectivity index (χ0) is 21.0. The van der Waals surface area contributed by atoms with Crippen LogP contribution in [0.15, 0.2) is 82.2 Å². The third-order valence-electron chi connectivity index (χ3n) is 4.56. The molecule has 0 saturated carbocycles. The number of anilines is 1. The molecule has 3 aromatic rings. The van der Waals surface area contributed by atoms with Crippen molar-refractivity contribution in [1.82, 2.24) is 0 Å². The van der Waals surface area contributed by atoms with Gasteiger partial charge >= 0.3 is 0 Å². The molecule has 0 aliphatic heterocycles. The van der Waals surface area contributed by atoms with Gasteiger partial charge in [0, 0.05) is 22.1 Å². The average Bonchev–Trinajstić information content (AvgIpc) is 2.68. The Balaban J connectivity index is 1.86. The highest BCUT2D eigenvalue weighted by Crippen LogP contribution is 2.26. The number of aryl methyl sites for hydroxylation is 1. The van der Waals surface area contributed by atoms with Crippen LogP contribution in [0.3, 0.4) is 0 Å². The SMILES string of the molecule is Cc1ccc(C(CC(=O)c2ccc(Br)cc2)Nc2ccc(S(N)(=O)=O)cc2)cc1. The number of Topliss-reactive ketones (excluding diaryl/α,β-unsaturated/α-hetero) is 1. The molecule has 0 aliphatic rings. The number of primary sulfonamides is 1. The van der Waals surface area contributed by atoms with Crippen LogP contribution in [0.4, 0.5) is 5.69 Å². The van der Waals surface area contributed by atoms with E-state index in [1.165, 1.54) is 12.1 Å². The number of ketones is 1. The van der Waals surface area contributed by atoms with E-state index in [0.29, 0.717) is 11.3 Å². The summed E-state index contributed by atoms with van der Waals surface area (Å²) in [5.41, 5.74) is 3.43. The average molecular weight is 473 g/mol. The molecule has 29 heavy (non-hydrogen) atoms. The van der Waals surface area contributed by atoms with E-state index in [2.05, 4.69) is 21.2 Å². The van der Waals surface area contributed by atoms with E-state index < -0.39 is 10.0 Å². The van der Waals surface area contributed by atoms with Crippen molar-refractivity contribution in [2.75, 3.05) is 5.32 Å². The van der Waals surface area contributed by atoms with E-state index >= 15 is 0 Å². The molecule has 3 aromatic carbocycles. The molecule has 3 rings (SSSR count). The van der Waals surface area contributed by atoms with Crippen LogP contribution in [0.1, 0.15) is 33.9 Å². The summed E-state index contributed by atoms with van der Waals surface area (Å²) in [4.78, 5) is 12.9. The molecule has 3 N–H and O–H groups in total. The molecule has 1 unspecified atom stereocenters. The Bertz CT molecular complexity index is 1090. The fraction of sp³-hybridized carbons (Fsp3) is 0.136. The number of nitrogens with one attached hydrogen (secondary N) is 1. The van der Waals surface area contributed by atoms with Crippen LogP contribution in [0, 0.1) is 6.92 Å². The lowest BCUT2D eigenvalue weighted by Gasteiger charge is -2.20. The maximum atomic E-state index is 12.8. The lowest BCUT2D eigenvalue weighted by atomic mass is 9.97. The van der Waals surface area contributed by atoms with Gasteiger partial charge in [-0.2, -0.15) is 0 Å². The molecule has 0 aromatic heterocycles. The largest absolute Gasteiger partial charge is 0.378 e. The molecule has 0 aliphatic carbocycles. The van der Waals surface area contributed by atoms with Crippen molar-refractivity contribution in [1.29, 1.82) is 0 Å². The van der Waals surface area contributed by atoms with E-state index in [1.54, 1.807) is 24.3 Å². The molecule has 150 valence electrons. The van der Waals surface area contributed by atoms with Gasteiger partial charge in [-0.05, 0) is 48.9 Å². The molecule has 0 fully saturated rings. The van der Waals surface area contributed by atoms with Crippen LogP contribution < -0.4 is 10.5 Å². The smallest absolute Gasteiger partial charge is 0.238 e. The van der Waals surface area contributed by atoms with Crippen molar-refractivity contribution in [3.05, 3.63) is 94.0 Å². The Morgan fingerprint density at radius 1 is 0.966 bits per heavy atom. The van der Waals surface area contributed by atoms with Gasteiger partial charge in [0.1, 0.15) is 0 Å². The van der Waals surface area contributed by atoms with Gasteiger partial charge < -0.3 is 5.32 Å². The summed E-state index contributed by atoms with van der Waals surface area (Å²) in [5.74, 6) is 0.0109. The number of benzene rings is 3. The van der Waals surface area contributed by atoms with Crippen molar-refractivity contribution < 1.29 is 13.2 Å². The van der Waals surface area contributed by atoms with Crippen LogP contribution in [0.5, 0.6) is 0 Å². The Hall–Kier alpha value is -2.48. The fourth-order valence-electron chi connectivity index (χ4n) is 2.93. The van der Waals surface area contributed by atoms with Crippen molar-refractivity contribution >= 4 is 37.4 Å². The summed E-state index contributed by atoms with van der Waals surface area (Å²) in [5, 5.41) is 8.50. The minimum atomic E-state index is -3.75. The molecule has 0 saturated heterocycles. The first kappa shape index (κ1) is 21.2. The predicted octanol–water partition coefficient (Wildman–Crippen LogP) is 4.83. The Labute approximate surface area is 179 Å². The van der Waals surface area contributed by atoms with Crippen LogP contribution in [-0.2, 0) is 10.0 Å². The first-order chi connectivity index (χ1) is 13.7. The van der Waals surface area contributed by atoms with Gasteiger partial charge in [-0.25, -0.2) is 13.6 Å². The number of halogens is 1. The van der Waals surface area contributed by atoms with Gasteiger partial charge in [0.25, 0.3) is 0 Å². The number of sulfonamides is 1. The highest BCUT2D eigenvalue weighted by molar-refractivity contribution is 9.10. The second-order valence-electron chi connectivity index (χ2n) is 6.81. The molecular weight excluding hydrogens is 452 g/mol. The van der Waals surface area contributed by atoms with E-state index in [-0.39, 0.29) is 23.1 Å². The van der Waals surface area contributed by atoms with Gasteiger partial charge in [-0.1, -0.05) is 57.9 Å². The van der Waals surface area contributed by atoms with Crippen molar-refractivity contribution in [3.8, 4) is 0 Å². The van der Waals surface area contributed by atoms with E-state index in [4.69, 9.17) is 5.14 Å². The van der Waals surface area contributed by atoms with Gasteiger partial charge in [0.15, 0.2) is 5.78 Å². The van der Waals surface area contributed by atoms with Gasteiger partial charge in [-0.3, -0.25) is 4.79 Å². The molecule has 0 amide bonds. The van der Waals surface area contributed by atoms with Gasteiger partial charge in [-0.15, -0.1) is 0 Å². The lowest BCUT2D eigenvalue weighted by Crippen LogP contribution is -2.16. The van der Waals surface area contributed by atoms with E-state index in [1.807, 2.05) is 43.3 Å². The molecule has 0 heterocycles. The highest BCUT2D eigenvalue weighted by atomic mass is 79.9. The summed E-state index contributed by atoms with van der Waals surface area (Å²) in [6, 6.07) is 21.1. The standard InChI is InChI=1S/C22H21BrN2O3S/c1-15-2-4-16(5-3-15)21(14-22(26)17-6-8-18(23)9-7-17)25-19-10-12-20(13-11-19)29(24,27)28/h2-13,21,25H,14H2,1H3,(H2,24,27,28). The zero-order valence-corrected chi connectivity index (χ0v) is 18.2. The monoisotopic (exact) mass is 472 g/mol. The topological polar surface area (TPSA) is 89.3 Å². The van der Waals surface area contributed by atoms with Crippen LogP contribution >= 0.6 is 15.9 Å². The molecule has 5 nitrogen and oxygen atoms in total. The molecular formula is C22H21BrN2O3S. The maximum Gasteiger partial charge on any atom is 0.238 e. The quantitative estimate of drug-likeness (QED) is 0.481. The van der Waals surface area contributed by atoms with E-state index in [9.17, 15) is 13.2 Å². The summed E-state index contributed by atoms with van der Waals surface area (Å²) in [7, 11) is -3.75. The number of rotatable bonds is 7. The minimum Gasteiger partial charge on any atom is -0.378 e. The highest BCUT2D eigenvalue weighted by Gasteiger charge is 2.18. The molecule has 0 radical (unpaired) electrons. The first-order valence-electron chi connectivity index (χ1n) is 8.97. The second kappa shape index (κ2) is 8.90. The van der Waals surface area contributed by atoms with Gasteiger partial charge in [0.05, 0.1) is 10.9 Å². The number of carbonyl (C=O) groups is 1. The van der Waals surface area contributed by atoms with Gasteiger partial charge in [0.2, 0.25) is 10.0 Å². The summed E-state index contributed by atoms with van der Waals surface area (Å²) < 4.78 is 23.8. The van der Waals surface area contributed by atoms with E-state index in [0.717, 1.165) is 15.6 Å². The normalized spacial score (nSPS) is 12.4. The number of nitrogens with two attached hydrogens (primary N) is 1. The Morgan fingerprint density at radius 3 is 2.10 bits per heavy atom. The summed E-state index contributed by atoms with van der Waals surface area (Å²) >= 11 is 3.38. The van der Waals surface area contributed by atoms with Crippen molar-refractivity contribution in [3.63, 3.8) is 0 Å². The van der Waals surface area contributed by atoms with Crippen LogP contribution in [0.25, 0.3) is 0 Å².